The van der Waals surface area contributed by atoms with Crippen molar-refractivity contribution in [1.82, 2.24) is 9.88 Å². The van der Waals surface area contributed by atoms with Crippen molar-refractivity contribution in [3.63, 3.8) is 0 Å². The molecule has 0 saturated carbocycles. The van der Waals surface area contributed by atoms with Crippen LogP contribution in [0.15, 0.2) is 36.4 Å². The number of carbonyl (C=O) groups is 1. The first kappa shape index (κ1) is 19.5. The van der Waals surface area contributed by atoms with E-state index >= 15 is 0 Å². The summed E-state index contributed by atoms with van der Waals surface area (Å²) in [5.41, 5.74) is 4.05. The van der Waals surface area contributed by atoms with Crippen LogP contribution in [0.4, 0.5) is 9.52 Å². The van der Waals surface area contributed by atoms with Crippen molar-refractivity contribution in [2.45, 2.75) is 20.3 Å². The Labute approximate surface area is 163 Å². The van der Waals surface area contributed by atoms with Crippen LogP contribution in [0.5, 0.6) is 0 Å². The highest BCUT2D eigenvalue weighted by Crippen LogP contribution is 2.32. The van der Waals surface area contributed by atoms with E-state index in [1.807, 2.05) is 25.9 Å². The molecule has 0 atom stereocenters. The summed E-state index contributed by atoms with van der Waals surface area (Å²) >= 11 is 1.54. The van der Waals surface area contributed by atoms with Crippen LogP contribution in [0.3, 0.4) is 0 Å². The molecule has 0 aliphatic heterocycles. The van der Waals surface area contributed by atoms with Gasteiger partial charge in [0.15, 0.2) is 5.13 Å². The van der Waals surface area contributed by atoms with E-state index in [-0.39, 0.29) is 18.1 Å². The first-order chi connectivity index (χ1) is 12.8. The molecule has 6 heteroatoms. The van der Waals surface area contributed by atoms with E-state index in [0.717, 1.165) is 27.9 Å². The lowest BCUT2D eigenvalue weighted by Gasteiger charge is -2.22. The Bertz CT molecular complexity index is 950. The molecule has 1 aromatic heterocycles. The molecule has 0 N–H and O–H groups in total. The molecule has 0 bridgehead atoms. The molecule has 142 valence electrons. The lowest BCUT2D eigenvalue weighted by molar-refractivity contribution is -0.118. The quantitative estimate of drug-likeness (QED) is 0.638. The largest absolute Gasteiger partial charge is 0.308 e. The molecular weight excluding hydrogens is 361 g/mol. The number of carbonyl (C=O) groups excluding carboxylic acids is 1. The summed E-state index contributed by atoms with van der Waals surface area (Å²) in [7, 11) is 3.96. The normalized spacial score (nSPS) is 11.3. The Morgan fingerprint density at radius 2 is 1.81 bits per heavy atom. The molecule has 0 radical (unpaired) electrons. The Morgan fingerprint density at radius 1 is 1.11 bits per heavy atom. The third-order valence-electron chi connectivity index (χ3n) is 4.39. The molecule has 0 unspecified atom stereocenters. The highest BCUT2D eigenvalue weighted by Gasteiger charge is 2.21. The molecule has 1 heterocycles. The molecule has 0 fully saturated rings. The number of halogens is 1. The smallest absolute Gasteiger partial charge is 0.233 e. The van der Waals surface area contributed by atoms with Gasteiger partial charge in [0.05, 0.1) is 16.6 Å². The van der Waals surface area contributed by atoms with Gasteiger partial charge in [0.2, 0.25) is 5.91 Å². The van der Waals surface area contributed by atoms with Crippen LogP contribution in [0.25, 0.3) is 10.2 Å². The zero-order valence-electron chi connectivity index (χ0n) is 16.1. The van der Waals surface area contributed by atoms with Crippen molar-refractivity contribution in [2.75, 3.05) is 32.1 Å². The average molecular weight is 386 g/mol. The predicted octanol–water partition coefficient (Wildman–Crippen LogP) is 4.19. The minimum Gasteiger partial charge on any atom is -0.308 e. The van der Waals surface area contributed by atoms with E-state index < -0.39 is 0 Å². The number of anilines is 1. The molecule has 3 rings (SSSR count). The topological polar surface area (TPSA) is 36.4 Å². The van der Waals surface area contributed by atoms with Crippen LogP contribution in [0, 0.1) is 19.7 Å². The van der Waals surface area contributed by atoms with E-state index in [9.17, 15) is 9.18 Å². The van der Waals surface area contributed by atoms with E-state index in [4.69, 9.17) is 4.98 Å². The summed E-state index contributed by atoms with van der Waals surface area (Å²) in [6, 6.07) is 10.3. The van der Waals surface area contributed by atoms with Gasteiger partial charge in [-0.1, -0.05) is 29.5 Å². The van der Waals surface area contributed by atoms with E-state index in [1.165, 1.54) is 17.7 Å². The summed E-state index contributed by atoms with van der Waals surface area (Å²) in [5.74, 6) is -0.329. The van der Waals surface area contributed by atoms with Gasteiger partial charge in [-0.3, -0.25) is 9.69 Å². The van der Waals surface area contributed by atoms with Gasteiger partial charge in [-0.15, -0.1) is 0 Å². The summed E-state index contributed by atoms with van der Waals surface area (Å²) in [6.45, 7) is 5.41. The predicted molar refractivity (Wildman–Crippen MR) is 110 cm³/mol. The number of hydrogen-bond donors (Lipinski definition) is 0. The second kappa shape index (κ2) is 8.15. The fourth-order valence-corrected chi connectivity index (χ4v) is 4.16. The van der Waals surface area contributed by atoms with Crippen LogP contribution < -0.4 is 4.90 Å². The van der Waals surface area contributed by atoms with Crippen molar-refractivity contribution in [2.24, 2.45) is 0 Å². The number of thiazole rings is 1. The fourth-order valence-electron chi connectivity index (χ4n) is 2.97. The van der Waals surface area contributed by atoms with Gasteiger partial charge >= 0.3 is 0 Å². The molecule has 27 heavy (non-hydrogen) atoms. The number of rotatable bonds is 6. The Kier molecular flexibility index (Phi) is 5.87. The molecule has 0 spiro atoms. The first-order valence-corrected chi connectivity index (χ1v) is 9.72. The number of nitrogens with zero attached hydrogens (tertiary/aromatic N) is 3. The molecule has 3 aromatic rings. The van der Waals surface area contributed by atoms with E-state index in [1.54, 1.807) is 28.4 Å². The van der Waals surface area contributed by atoms with Crippen molar-refractivity contribution in [3.05, 3.63) is 58.9 Å². The highest BCUT2D eigenvalue weighted by atomic mass is 32.1. The monoisotopic (exact) mass is 385 g/mol. The molecule has 0 saturated heterocycles. The van der Waals surface area contributed by atoms with Crippen LogP contribution in [0.2, 0.25) is 0 Å². The third-order valence-corrected chi connectivity index (χ3v) is 5.42. The number of fused-ring (bicyclic) bond motifs is 1. The minimum absolute atomic E-state index is 0.0307. The van der Waals surface area contributed by atoms with Crippen LogP contribution >= 0.6 is 11.3 Å². The van der Waals surface area contributed by atoms with Crippen LogP contribution in [-0.2, 0) is 11.2 Å². The van der Waals surface area contributed by atoms with Gasteiger partial charge < -0.3 is 4.90 Å². The number of hydrogen-bond acceptors (Lipinski definition) is 4. The van der Waals surface area contributed by atoms with Gasteiger partial charge in [-0.25, -0.2) is 9.37 Å². The maximum absolute atomic E-state index is 13.1. The van der Waals surface area contributed by atoms with Crippen molar-refractivity contribution < 1.29 is 9.18 Å². The number of amides is 1. The third kappa shape index (κ3) is 4.70. The first-order valence-electron chi connectivity index (χ1n) is 8.91. The Balaban J connectivity index is 1.91. The highest BCUT2D eigenvalue weighted by molar-refractivity contribution is 7.22. The number of aromatic nitrogens is 1. The zero-order chi connectivity index (χ0) is 19.6. The zero-order valence-corrected chi connectivity index (χ0v) is 16.9. The lowest BCUT2D eigenvalue weighted by atomic mass is 10.1. The van der Waals surface area contributed by atoms with Gasteiger partial charge in [0, 0.05) is 13.1 Å². The maximum Gasteiger partial charge on any atom is 0.233 e. The van der Waals surface area contributed by atoms with Crippen molar-refractivity contribution in [1.29, 1.82) is 0 Å². The van der Waals surface area contributed by atoms with Gasteiger partial charge in [0.1, 0.15) is 5.82 Å². The number of likely N-dealkylation sites (N-methyl/N-ethyl adjacent to an activating group) is 1. The number of benzene rings is 2. The molecule has 1 amide bonds. The fraction of sp³-hybridized carbons (Fsp3) is 0.333. The standard InChI is InChI=1S/C21H24FN3OS/c1-14-11-15(2)20-18(12-14)27-21(23-20)25(10-9-24(3)4)19(26)13-16-5-7-17(22)8-6-16/h5-8,11-12H,9-10,13H2,1-4H3. The summed E-state index contributed by atoms with van der Waals surface area (Å²) in [4.78, 5) is 21.6. The lowest BCUT2D eigenvalue weighted by Crippen LogP contribution is -2.37. The van der Waals surface area contributed by atoms with Crippen LogP contribution in [0.1, 0.15) is 16.7 Å². The molecule has 4 nitrogen and oxygen atoms in total. The number of aryl methyl sites for hydroxylation is 2. The molecule has 0 aliphatic rings. The Hall–Kier alpha value is -2.31. The summed E-state index contributed by atoms with van der Waals surface area (Å²) in [5, 5.41) is 0.715. The SMILES string of the molecule is Cc1cc(C)c2nc(N(CCN(C)C)C(=O)Cc3ccc(F)cc3)sc2c1. The second-order valence-electron chi connectivity index (χ2n) is 7.08. The molecule has 0 aliphatic carbocycles. The molecule has 2 aromatic carbocycles. The maximum atomic E-state index is 13.1. The van der Waals surface area contributed by atoms with Gasteiger partial charge in [-0.2, -0.15) is 0 Å². The van der Waals surface area contributed by atoms with E-state index in [0.29, 0.717) is 11.7 Å². The van der Waals surface area contributed by atoms with Gasteiger partial charge in [0.25, 0.3) is 0 Å². The minimum atomic E-state index is -0.298. The molecular formula is C21H24FN3OS. The van der Waals surface area contributed by atoms with Gasteiger partial charge in [-0.05, 0) is 62.8 Å². The summed E-state index contributed by atoms with van der Waals surface area (Å²) < 4.78 is 14.2. The van der Waals surface area contributed by atoms with Crippen molar-refractivity contribution in [3.8, 4) is 0 Å². The van der Waals surface area contributed by atoms with E-state index in [2.05, 4.69) is 19.1 Å². The Morgan fingerprint density at radius 3 is 2.48 bits per heavy atom. The van der Waals surface area contributed by atoms with Crippen LogP contribution in [-0.4, -0.2) is 43.0 Å². The van der Waals surface area contributed by atoms with Crippen molar-refractivity contribution >= 4 is 32.6 Å². The average Bonchev–Trinajstić information content (AvgIpc) is 3.00. The summed E-state index contributed by atoms with van der Waals surface area (Å²) in [6.07, 6.45) is 0.224. The second-order valence-corrected chi connectivity index (χ2v) is 8.09.